The van der Waals surface area contributed by atoms with Gasteiger partial charge in [0.05, 0.1) is 18.3 Å². The van der Waals surface area contributed by atoms with Gasteiger partial charge in [-0.1, -0.05) is 105 Å². The molecule has 5 aliphatic rings. The van der Waals surface area contributed by atoms with E-state index in [2.05, 4.69) is 47.6 Å². The smallest absolute Gasteiger partial charge is 0.306 e. The minimum atomic E-state index is -1.03. The first kappa shape index (κ1) is 37.3. The fourth-order valence-corrected chi connectivity index (χ4v) is 12.3. The fourth-order valence-electron chi connectivity index (χ4n) is 12.3. The molecule has 0 aromatic rings. The molecule has 270 valence electrons. The number of hydrogen-bond donors (Lipinski definition) is 2. The van der Waals surface area contributed by atoms with Crippen molar-refractivity contribution in [3.05, 3.63) is 11.6 Å². The summed E-state index contributed by atoms with van der Waals surface area (Å²) in [7, 11) is 0. The number of aliphatic hydroxyl groups excluding tert-OH is 1. The highest BCUT2D eigenvalue weighted by atomic mass is 16.5. The molecular formula is C42H72O5. The van der Waals surface area contributed by atoms with Gasteiger partial charge in [-0.05, 0) is 112 Å². The number of esters is 1. The molecule has 4 fully saturated rings. The summed E-state index contributed by atoms with van der Waals surface area (Å²) < 4.78 is 12.5. The summed E-state index contributed by atoms with van der Waals surface area (Å²) >= 11 is 0. The molecule has 5 rings (SSSR count). The third kappa shape index (κ3) is 7.03. The number of rotatable bonds is 13. The van der Waals surface area contributed by atoms with Gasteiger partial charge in [-0.25, -0.2) is 0 Å². The van der Waals surface area contributed by atoms with Crippen LogP contribution in [-0.4, -0.2) is 46.7 Å². The van der Waals surface area contributed by atoms with Gasteiger partial charge in [0.15, 0.2) is 0 Å². The van der Waals surface area contributed by atoms with Gasteiger partial charge in [-0.2, -0.15) is 0 Å². The molecule has 5 heteroatoms. The normalized spacial score (nSPS) is 41.4. The zero-order chi connectivity index (χ0) is 34.3. The number of carbonyl (C=O) groups is 1. The lowest BCUT2D eigenvalue weighted by Gasteiger charge is -2.64. The van der Waals surface area contributed by atoms with Crippen molar-refractivity contribution >= 4 is 5.97 Å². The molecule has 0 aromatic heterocycles. The predicted octanol–water partition coefficient (Wildman–Crippen LogP) is 9.96. The van der Waals surface area contributed by atoms with Crippen molar-refractivity contribution < 1.29 is 24.5 Å². The van der Waals surface area contributed by atoms with Crippen LogP contribution in [0.4, 0.5) is 0 Å². The minimum Gasteiger partial charge on any atom is -0.462 e. The van der Waals surface area contributed by atoms with Crippen molar-refractivity contribution in [3.8, 4) is 0 Å². The molecule has 47 heavy (non-hydrogen) atoms. The number of unbranched alkanes of at least 4 members (excludes halogenated alkanes) is 8. The summed E-state index contributed by atoms with van der Waals surface area (Å²) in [6, 6.07) is 0. The molecule has 5 nitrogen and oxygen atoms in total. The SMILES string of the molecule is CCCCCCCCCCCC(=O)O[C@H]1CC[C@]2(C)[C@H]3CC[C@@]4(C)[C@H]([C@H]5CO[C@@H](C(C)(C)O)[C@H](O)C5)CC[C@]4(C)C3=CC[C@H]2C1(C)C. The first-order valence-corrected chi connectivity index (χ1v) is 20.0. The first-order valence-electron chi connectivity index (χ1n) is 20.0. The molecule has 1 aliphatic heterocycles. The van der Waals surface area contributed by atoms with E-state index in [0.717, 1.165) is 38.5 Å². The van der Waals surface area contributed by atoms with Crippen LogP contribution in [0, 0.1) is 45.3 Å². The van der Waals surface area contributed by atoms with Gasteiger partial charge in [0.1, 0.15) is 12.2 Å². The lowest BCUT2D eigenvalue weighted by atomic mass is 9.41. The highest BCUT2D eigenvalue weighted by Gasteiger charge is 2.66. The molecule has 1 heterocycles. The Morgan fingerprint density at radius 2 is 1.60 bits per heavy atom. The summed E-state index contributed by atoms with van der Waals surface area (Å²) in [5, 5.41) is 21.6. The summed E-state index contributed by atoms with van der Waals surface area (Å²) in [6.07, 6.45) is 22.2. The Kier molecular flexibility index (Phi) is 11.4. The van der Waals surface area contributed by atoms with Crippen LogP contribution >= 0.6 is 0 Å². The molecule has 0 aromatic carbocycles. The Labute approximate surface area is 288 Å². The van der Waals surface area contributed by atoms with Crippen molar-refractivity contribution in [2.24, 2.45) is 45.3 Å². The molecule has 0 amide bonds. The van der Waals surface area contributed by atoms with Crippen LogP contribution in [0.2, 0.25) is 0 Å². The van der Waals surface area contributed by atoms with Crippen LogP contribution in [0.25, 0.3) is 0 Å². The second-order valence-corrected chi connectivity index (χ2v) is 18.8. The maximum Gasteiger partial charge on any atom is 0.306 e. The van der Waals surface area contributed by atoms with Gasteiger partial charge in [-0.15, -0.1) is 0 Å². The third-order valence-corrected chi connectivity index (χ3v) is 15.2. The van der Waals surface area contributed by atoms with Gasteiger partial charge in [0.25, 0.3) is 0 Å². The molecule has 0 spiro atoms. The van der Waals surface area contributed by atoms with Gasteiger partial charge in [0, 0.05) is 11.8 Å². The number of aliphatic hydroxyl groups is 2. The second kappa shape index (κ2) is 14.4. The van der Waals surface area contributed by atoms with E-state index in [1.165, 1.54) is 70.6 Å². The van der Waals surface area contributed by atoms with Gasteiger partial charge in [-0.3, -0.25) is 4.79 Å². The third-order valence-electron chi connectivity index (χ3n) is 15.2. The van der Waals surface area contributed by atoms with Crippen molar-refractivity contribution in [2.75, 3.05) is 6.61 Å². The van der Waals surface area contributed by atoms with E-state index < -0.39 is 17.8 Å². The van der Waals surface area contributed by atoms with Crippen LogP contribution < -0.4 is 0 Å². The number of allylic oxidation sites excluding steroid dienone is 2. The predicted molar refractivity (Wildman–Crippen MR) is 191 cm³/mol. The van der Waals surface area contributed by atoms with Crippen LogP contribution in [0.15, 0.2) is 11.6 Å². The standard InChI is InChI=1S/C42H72O5/c1-9-10-11-12-13-14-15-16-17-18-36(44)47-35-23-24-40(6)31-22-26-41(7)30(29-27-33(43)37(46-28-29)39(4,5)45)21-25-42(41,8)32(31)19-20-34(40)38(35,2)3/h19,29-31,33-35,37,43,45H,9-18,20-28H2,1-8H3/t29-,30+,31+,33-,34+,35+,37-,40-,41+,42-/m1/s1. The zero-order valence-corrected chi connectivity index (χ0v) is 31.7. The van der Waals surface area contributed by atoms with E-state index >= 15 is 0 Å². The van der Waals surface area contributed by atoms with Crippen LogP contribution in [0.3, 0.4) is 0 Å². The first-order chi connectivity index (χ1) is 22.1. The zero-order valence-electron chi connectivity index (χ0n) is 31.7. The molecule has 0 unspecified atom stereocenters. The molecule has 0 radical (unpaired) electrons. The van der Waals surface area contributed by atoms with Crippen LogP contribution in [0.5, 0.6) is 0 Å². The van der Waals surface area contributed by atoms with Gasteiger partial charge in [0.2, 0.25) is 0 Å². The van der Waals surface area contributed by atoms with E-state index in [1.807, 2.05) is 0 Å². The average molecular weight is 657 g/mol. The minimum absolute atomic E-state index is 0.00680. The van der Waals surface area contributed by atoms with E-state index in [9.17, 15) is 15.0 Å². The Morgan fingerprint density at radius 3 is 2.23 bits per heavy atom. The average Bonchev–Trinajstić information content (AvgIpc) is 3.28. The van der Waals surface area contributed by atoms with E-state index in [-0.39, 0.29) is 33.7 Å². The number of fused-ring (bicyclic) bond motifs is 5. The number of hydrogen-bond acceptors (Lipinski definition) is 5. The largest absolute Gasteiger partial charge is 0.462 e. The maximum absolute atomic E-state index is 13.1. The molecule has 0 bridgehead atoms. The van der Waals surface area contributed by atoms with Crippen LogP contribution in [0.1, 0.15) is 171 Å². The monoisotopic (exact) mass is 657 g/mol. The van der Waals surface area contributed by atoms with Crippen molar-refractivity contribution in [1.29, 1.82) is 0 Å². The summed E-state index contributed by atoms with van der Waals surface area (Å²) in [6.45, 7) is 18.9. The number of carbonyl (C=O) groups excluding carboxylic acids is 1. The topological polar surface area (TPSA) is 76.0 Å². The summed E-state index contributed by atoms with van der Waals surface area (Å²) in [4.78, 5) is 13.1. The van der Waals surface area contributed by atoms with Crippen molar-refractivity contribution in [3.63, 3.8) is 0 Å². The highest BCUT2D eigenvalue weighted by molar-refractivity contribution is 5.69. The lowest BCUT2D eigenvalue weighted by Crippen LogP contribution is -2.59. The van der Waals surface area contributed by atoms with Gasteiger partial charge < -0.3 is 19.7 Å². The molecule has 2 N–H and O–H groups in total. The molecule has 1 saturated heterocycles. The lowest BCUT2D eigenvalue weighted by molar-refractivity contribution is -0.189. The molecular weight excluding hydrogens is 584 g/mol. The van der Waals surface area contributed by atoms with Crippen molar-refractivity contribution in [1.82, 2.24) is 0 Å². The number of ether oxygens (including phenoxy) is 2. The molecule has 3 saturated carbocycles. The molecule has 4 aliphatic carbocycles. The van der Waals surface area contributed by atoms with Crippen LogP contribution in [-0.2, 0) is 14.3 Å². The fraction of sp³-hybridized carbons (Fsp3) is 0.929. The van der Waals surface area contributed by atoms with E-state index in [0.29, 0.717) is 36.7 Å². The van der Waals surface area contributed by atoms with E-state index in [1.54, 1.807) is 19.4 Å². The summed E-state index contributed by atoms with van der Waals surface area (Å²) in [5.74, 6) is 1.97. The summed E-state index contributed by atoms with van der Waals surface area (Å²) in [5.41, 5.74) is 1.21. The Bertz CT molecular complexity index is 1100. The Morgan fingerprint density at radius 1 is 0.936 bits per heavy atom. The quantitative estimate of drug-likeness (QED) is 0.117. The maximum atomic E-state index is 13.1. The van der Waals surface area contributed by atoms with E-state index in [4.69, 9.17) is 9.47 Å². The Balaban J connectivity index is 1.20. The van der Waals surface area contributed by atoms with Gasteiger partial charge >= 0.3 is 5.97 Å². The highest BCUT2D eigenvalue weighted by Crippen LogP contribution is 2.73. The second-order valence-electron chi connectivity index (χ2n) is 18.8. The van der Waals surface area contributed by atoms with Crippen molar-refractivity contribution in [2.45, 2.75) is 195 Å². The molecule has 10 atom stereocenters. The Hall–Kier alpha value is -0.910.